The van der Waals surface area contributed by atoms with Gasteiger partial charge in [-0.2, -0.15) is 0 Å². The van der Waals surface area contributed by atoms with Gasteiger partial charge in [0.2, 0.25) is 0 Å². The summed E-state index contributed by atoms with van der Waals surface area (Å²) in [4.78, 5) is 0. The summed E-state index contributed by atoms with van der Waals surface area (Å²) in [6.07, 6.45) is 7.73. The molecular weight excluding hydrogens is 268 g/mol. The Morgan fingerprint density at radius 2 is 1.55 bits per heavy atom. The molecule has 0 unspecified atom stereocenters. The molecule has 2 aromatic rings. The number of aryl methyl sites for hydroxylation is 1. The van der Waals surface area contributed by atoms with Gasteiger partial charge >= 0.3 is 0 Å². The van der Waals surface area contributed by atoms with Gasteiger partial charge in [-0.05, 0) is 54.0 Å². The first-order chi connectivity index (χ1) is 10.7. The topological polar surface area (TPSA) is 9.23 Å². The summed E-state index contributed by atoms with van der Waals surface area (Å²) in [6.45, 7) is 4.52. The summed E-state index contributed by atoms with van der Waals surface area (Å²) in [7, 11) is 1.69. The molecule has 1 nitrogen and oxygen atoms in total. The molecule has 0 aliphatic rings. The fourth-order valence-corrected chi connectivity index (χ4v) is 2.50. The van der Waals surface area contributed by atoms with Gasteiger partial charge in [0.15, 0.2) is 0 Å². The molecule has 0 bridgehead atoms. The second-order valence-corrected chi connectivity index (χ2v) is 6.13. The van der Waals surface area contributed by atoms with Crippen LogP contribution in [-0.4, -0.2) is 7.11 Å². The maximum Gasteiger partial charge on any atom is 0.118 e. The quantitative estimate of drug-likeness (QED) is 0.651. The van der Waals surface area contributed by atoms with Crippen molar-refractivity contribution in [3.63, 3.8) is 0 Å². The van der Waals surface area contributed by atoms with Crippen molar-refractivity contribution in [3.05, 3.63) is 71.3 Å². The van der Waals surface area contributed by atoms with Crippen LogP contribution in [0, 0.1) is 5.92 Å². The average molecular weight is 294 g/mol. The van der Waals surface area contributed by atoms with Crippen LogP contribution in [0.5, 0.6) is 5.75 Å². The minimum atomic E-state index is 0.721. The fourth-order valence-electron chi connectivity index (χ4n) is 2.50. The summed E-state index contributed by atoms with van der Waals surface area (Å²) < 4.78 is 5.16. The highest BCUT2D eigenvalue weighted by atomic mass is 16.5. The number of hydrogen-bond donors (Lipinski definition) is 0. The summed E-state index contributed by atoms with van der Waals surface area (Å²) >= 11 is 0. The van der Waals surface area contributed by atoms with E-state index >= 15 is 0 Å². The van der Waals surface area contributed by atoms with Gasteiger partial charge in [0.25, 0.3) is 0 Å². The van der Waals surface area contributed by atoms with E-state index in [1.807, 2.05) is 12.1 Å². The molecule has 0 saturated heterocycles. The van der Waals surface area contributed by atoms with Gasteiger partial charge in [-0.15, -0.1) is 0 Å². The number of benzene rings is 2. The Balaban J connectivity index is 1.81. The van der Waals surface area contributed by atoms with Crippen LogP contribution in [0.4, 0.5) is 0 Å². The average Bonchev–Trinajstić information content (AvgIpc) is 2.53. The maximum atomic E-state index is 5.16. The van der Waals surface area contributed by atoms with E-state index in [1.165, 1.54) is 16.7 Å². The van der Waals surface area contributed by atoms with Gasteiger partial charge in [0.05, 0.1) is 7.11 Å². The highest BCUT2D eigenvalue weighted by Gasteiger charge is 1.98. The third-order valence-corrected chi connectivity index (χ3v) is 3.69. The molecule has 0 amide bonds. The standard InChI is InChI=1S/C21H26O/c1-17(2)16-20-10-8-18(9-11-20)6-4-5-7-19-12-14-21(22-3)15-13-19/h5,7-15,17H,4,6,16H2,1-3H3. The SMILES string of the molecule is COc1ccc(C=CCCc2ccc(CC(C)C)cc2)cc1. The minimum Gasteiger partial charge on any atom is -0.497 e. The first-order valence-electron chi connectivity index (χ1n) is 8.06. The summed E-state index contributed by atoms with van der Waals surface area (Å²) in [5.41, 5.74) is 4.06. The van der Waals surface area contributed by atoms with Crippen LogP contribution in [0.25, 0.3) is 6.08 Å². The summed E-state index contributed by atoms with van der Waals surface area (Å²) in [6, 6.07) is 17.2. The van der Waals surface area contributed by atoms with Gasteiger partial charge in [-0.25, -0.2) is 0 Å². The number of hydrogen-bond acceptors (Lipinski definition) is 1. The van der Waals surface area contributed by atoms with E-state index in [0.717, 1.165) is 30.9 Å². The van der Waals surface area contributed by atoms with Gasteiger partial charge in [0.1, 0.15) is 5.75 Å². The third-order valence-electron chi connectivity index (χ3n) is 3.69. The Morgan fingerprint density at radius 1 is 0.909 bits per heavy atom. The van der Waals surface area contributed by atoms with Crippen molar-refractivity contribution in [1.29, 1.82) is 0 Å². The zero-order chi connectivity index (χ0) is 15.8. The fraction of sp³-hybridized carbons (Fsp3) is 0.333. The monoisotopic (exact) mass is 294 g/mol. The summed E-state index contributed by atoms with van der Waals surface area (Å²) in [5.74, 6) is 1.62. The molecule has 0 fully saturated rings. The Hall–Kier alpha value is -2.02. The molecule has 2 aromatic carbocycles. The number of allylic oxidation sites excluding steroid dienone is 1. The van der Waals surface area contributed by atoms with E-state index in [9.17, 15) is 0 Å². The van der Waals surface area contributed by atoms with Crippen LogP contribution in [0.2, 0.25) is 0 Å². The van der Waals surface area contributed by atoms with Crippen molar-refractivity contribution in [2.24, 2.45) is 5.92 Å². The molecule has 1 heteroatoms. The van der Waals surface area contributed by atoms with Gasteiger partial charge in [-0.1, -0.05) is 62.4 Å². The van der Waals surface area contributed by atoms with Gasteiger partial charge < -0.3 is 4.74 Å². The predicted molar refractivity (Wildman–Crippen MR) is 95.3 cm³/mol. The van der Waals surface area contributed by atoms with Crippen molar-refractivity contribution in [2.75, 3.05) is 7.11 Å². The lowest BCUT2D eigenvalue weighted by Gasteiger charge is -2.06. The van der Waals surface area contributed by atoms with E-state index in [4.69, 9.17) is 4.74 Å². The van der Waals surface area contributed by atoms with Crippen LogP contribution >= 0.6 is 0 Å². The van der Waals surface area contributed by atoms with E-state index in [1.54, 1.807) is 7.11 Å². The first-order valence-corrected chi connectivity index (χ1v) is 8.06. The van der Waals surface area contributed by atoms with E-state index < -0.39 is 0 Å². The molecular formula is C21H26O. The maximum absolute atomic E-state index is 5.16. The lowest BCUT2D eigenvalue weighted by atomic mass is 10.0. The second kappa shape index (κ2) is 8.43. The van der Waals surface area contributed by atoms with Crippen LogP contribution in [0.15, 0.2) is 54.6 Å². The Labute approximate surface area is 134 Å². The van der Waals surface area contributed by atoms with Crippen molar-refractivity contribution in [3.8, 4) is 5.75 Å². The highest BCUT2D eigenvalue weighted by molar-refractivity contribution is 5.50. The molecule has 0 aromatic heterocycles. The molecule has 0 aliphatic carbocycles. The molecule has 0 aliphatic heterocycles. The smallest absolute Gasteiger partial charge is 0.118 e. The molecule has 0 atom stereocenters. The van der Waals surface area contributed by atoms with E-state index in [0.29, 0.717) is 0 Å². The van der Waals surface area contributed by atoms with Crippen LogP contribution in [0.1, 0.15) is 37.0 Å². The Morgan fingerprint density at radius 3 is 2.14 bits per heavy atom. The molecule has 0 heterocycles. The lowest BCUT2D eigenvalue weighted by Crippen LogP contribution is -1.94. The molecule has 116 valence electrons. The minimum absolute atomic E-state index is 0.721. The Bertz CT molecular complexity index is 576. The number of ether oxygens (including phenoxy) is 1. The van der Waals surface area contributed by atoms with Crippen molar-refractivity contribution in [2.45, 2.75) is 33.1 Å². The van der Waals surface area contributed by atoms with Crippen LogP contribution in [0.3, 0.4) is 0 Å². The van der Waals surface area contributed by atoms with Gasteiger partial charge in [0, 0.05) is 0 Å². The first kappa shape index (κ1) is 16.4. The zero-order valence-corrected chi connectivity index (χ0v) is 13.9. The number of rotatable bonds is 7. The van der Waals surface area contributed by atoms with Crippen LogP contribution < -0.4 is 4.74 Å². The zero-order valence-electron chi connectivity index (χ0n) is 13.9. The van der Waals surface area contributed by atoms with E-state index in [-0.39, 0.29) is 0 Å². The molecule has 0 N–H and O–H groups in total. The van der Waals surface area contributed by atoms with Crippen LogP contribution in [-0.2, 0) is 12.8 Å². The van der Waals surface area contributed by atoms with E-state index in [2.05, 4.69) is 62.4 Å². The summed E-state index contributed by atoms with van der Waals surface area (Å²) in [5, 5.41) is 0. The third kappa shape index (κ3) is 5.40. The second-order valence-electron chi connectivity index (χ2n) is 6.13. The molecule has 0 radical (unpaired) electrons. The molecule has 22 heavy (non-hydrogen) atoms. The largest absolute Gasteiger partial charge is 0.497 e. The number of methoxy groups -OCH3 is 1. The molecule has 0 spiro atoms. The van der Waals surface area contributed by atoms with Crippen molar-refractivity contribution >= 4 is 6.08 Å². The predicted octanol–water partition coefficient (Wildman–Crippen LogP) is 5.54. The Kier molecular flexibility index (Phi) is 6.27. The normalized spacial score (nSPS) is 11.3. The van der Waals surface area contributed by atoms with Gasteiger partial charge in [-0.3, -0.25) is 0 Å². The van der Waals surface area contributed by atoms with Crippen molar-refractivity contribution in [1.82, 2.24) is 0 Å². The molecule has 0 saturated carbocycles. The highest BCUT2D eigenvalue weighted by Crippen LogP contribution is 2.14. The van der Waals surface area contributed by atoms with Crippen molar-refractivity contribution < 1.29 is 4.74 Å². The molecule has 2 rings (SSSR count). The lowest BCUT2D eigenvalue weighted by molar-refractivity contribution is 0.415.